The molecule has 9 heteroatoms. The molecule has 4 rings (SSSR count). The lowest BCUT2D eigenvalue weighted by Gasteiger charge is -2.31. The largest absolute Gasteiger partial charge is 0.466 e. The van der Waals surface area contributed by atoms with Gasteiger partial charge in [-0.2, -0.15) is 10.2 Å². The zero-order valence-corrected chi connectivity index (χ0v) is 21.8. The molecule has 9 nitrogen and oxygen atoms in total. The van der Waals surface area contributed by atoms with E-state index < -0.39 is 0 Å². The van der Waals surface area contributed by atoms with E-state index >= 15 is 0 Å². The Labute approximate surface area is 216 Å². The van der Waals surface area contributed by atoms with Crippen LogP contribution in [0.4, 0.5) is 0 Å². The fourth-order valence-corrected chi connectivity index (χ4v) is 4.99. The maximum atomic E-state index is 12.1. The fourth-order valence-electron chi connectivity index (χ4n) is 4.99. The molecule has 204 valence electrons. The van der Waals surface area contributed by atoms with Crippen molar-refractivity contribution in [3.05, 3.63) is 35.9 Å². The minimum Gasteiger partial charge on any atom is -0.466 e. The highest BCUT2D eigenvalue weighted by Gasteiger charge is 2.36. The first-order chi connectivity index (χ1) is 16.9. The molecule has 2 aliphatic heterocycles. The molecule has 2 fully saturated rings. The summed E-state index contributed by atoms with van der Waals surface area (Å²) in [6.45, 7) is 13.5. The summed E-state index contributed by atoms with van der Waals surface area (Å²) in [7, 11) is 0. The zero-order chi connectivity index (χ0) is 25.4. The predicted octanol–water partition coefficient (Wildman–Crippen LogP) is 4.36. The van der Waals surface area contributed by atoms with Crippen molar-refractivity contribution in [1.82, 2.24) is 19.6 Å². The van der Waals surface area contributed by atoms with E-state index in [1.807, 2.05) is 34.6 Å². The van der Waals surface area contributed by atoms with E-state index in [9.17, 15) is 9.90 Å². The first-order valence-electron chi connectivity index (χ1n) is 12.9. The number of hydrogen-bond acceptors (Lipinski definition) is 7. The summed E-state index contributed by atoms with van der Waals surface area (Å²) in [5.41, 5.74) is 2.25. The first-order valence-corrected chi connectivity index (χ1v) is 12.9. The molecule has 2 aliphatic rings. The quantitative estimate of drug-likeness (QED) is 0.557. The Bertz CT molecular complexity index is 910. The summed E-state index contributed by atoms with van der Waals surface area (Å²) in [4.78, 5) is 12.1. The van der Waals surface area contributed by atoms with Gasteiger partial charge in [0.2, 0.25) is 0 Å². The van der Waals surface area contributed by atoms with Gasteiger partial charge in [0.05, 0.1) is 25.7 Å². The van der Waals surface area contributed by atoms with Crippen LogP contribution < -0.4 is 0 Å². The molecule has 0 radical (unpaired) electrons. The van der Waals surface area contributed by atoms with E-state index in [0.717, 1.165) is 18.7 Å². The number of ether oxygens (including phenoxy) is 3. The third kappa shape index (κ3) is 7.17. The lowest BCUT2D eigenvalue weighted by Crippen LogP contribution is -2.34. The molecule has 4 heterocycles. The van der Waals surface area contributed by atoms with Crippen LogP contribution in [0.25, 0.3) is 0 Å². The van der Waals surface area contributed by atoms with Crippen LogP contribution in [0.5, 0.6) is 0 Å². The van der Waals surface area contributed by atoms with E-state index in [1.54, 1.807) is 6.20 Å². The number of nitrogens with zero attached hydrogens (tertiary/aromatic N) is 4. The molecule has 2 aromatic heterocycles. The van der Waals surface area contributed by atoms with E-state index in [0.29, 0.717) is 44.8 Å². The Morgan fingerprint density at radius 1 is 1.00 bits per heavy atom. The molecule has 2 saturated heterocycles. The van der Waals surface area contributed by atoms with Gasteiger partial charge < -0.3 is 19.3 Å². The smallest absolute Gasteiger partial charge is 0.309 e. The third-order valence-electron chi connectivity index (χ3n) is 6.82. The van der Waals surface area contributed by atoms with E-state index in [-0.39, 0.29) is 43.8 Å². The van der Waals surface area contributed by atoms with Crippen LogP contribution in [0, 0.1) is 11.8 Å². The Balaban J connectivity index is 0.000000250. The first kappa shape index (κ1) is 30.0. The van der Waals surface area contributed by atoms with Crippen molar-refractivity contribution in [3.63, 3.8) is 0 Å². The van der Waals surface area contributed by atoms with Crippen LogP contribution in [0.1, 0.15) is 90.2 Å². The van der Waals surface area contributed by atoms with Gasteiger partial charge in [-0.15, -0.1) is 0 Å². The van der Waals surface area contributed by atoms with Gasteiger partial charge >= 0.3 is 5.97 Å². The van der Waals surface area contributed by atoms with Crippen LogP contribution >= 0.6 is 0 Å². The fraction of sp³-hybridized carbons (Fsp3) is 0.741. The van der Waals surface area contributed by atoms with Gasteiger partial charge in [-0.05, 0) is 65.5 Å². The van der Waals surface area contributed by atoms with Gasteiger partial charge in [0.25, 0.3) is 0 Å². The molecule has 0 bridgehead atoms. The second-order valence-corrected chi connectivity index (χ2v) is 9.83. The Morgan fingerprint density at radius 3 is 2.06 bits per heavy atom. The SMILES string of the molecule is C.CC(C)n1nccc1[C@H]1COCC[C@H]1CO.CCOC(=O)[C@@H]1CCOC[C@@H]1c1ccnn1C(C)C. The molecule has 0 spiro atoms. The topological polar surface area (TPSA) is 101 Å². The maximum absolute atomic E-state index is 12.1. The van der Waals surface area contributed by atoms with Gasteiger partial charge in [0.15, 0.2) is 0 Å². The van der Waals surface area contributed by atoms with Crippen molar-refractivity contribution in [1.29, 1.82) is 0 Å². The van der Waals surface area contributed by atoms with Gasteiger partial charge in [-0.25, -0.2) is 0 Å². The second kappa shape index (κ2) is 14.5. The predicted molar refractivity (Wildman–Crippen MR) is 139 cm³/mol. The minimum atomic E-state index is -0.122. The lowest BCUT2D eigenvalue weighted by atomic mass is 9.85. The molecule has 0 saturated carbocycles. The van der Waals surface area contributed by atoms with Crippen LogP contribution in [0.15, 0.2) is 24.5 Å². The summed E-state index contributed by atoms with van der Waals surface area (Å²) in [6.07, 6.45) is 5.27. The van der Waals surface area contributed by atoms with Crippen molar-refractivity contribution in [2.75, 3.05) is 39.6 Å². The van der Waals surface area contributed by atoms with Gasteiger partial charge in [-0.1, -0.05) is 7.43 Å². The van der Waals surface area contributed by atoms with Crippen LogP contribution in [0.2, 0.25) is 0 Å². The van der Waals surface area contributed by atoms with Gasteiger partial charge in [0, 0.05) is 67.5 Å². The van der Waals surface area contributed by atoms with Gasteiger partial charge in [0.1, 0.15) is 0 Å². The number of carbonyl (C=O) groups excluding carboxylic acids is 1. The molecule has 0 amide bonds. The third-order valence-corrected chi connectivity index (χ3v) is 6.82. The number of rotatable bonds is 7. The zero-order valence-electron chi connectivity index (χ0n) is 21.8. The van der Waals surface area contributed by atoms with Crippen molar-refractivity contribution < 1.29 is 24.1 Å². The average molecular weight is 507 g/mol. The standard InChI is InChI=1S/C14H22N2O3.C12H20N2O2.CH4/c1-4-19-14(17)11-6-8-18-9-12(11)13-5-7-15-16(13)10(2)3;1-9(2)14-12(3-5-13-14)11-8-16-6-4-10(11)7-15;/h5,7,10-12H,4,6,8-9H2,1-3H3;3,5,9-11,15H,4,6-8H2,1-2H3;1H4/t11-,12+;10-,11-;/m10./s1. The number of carbonyl (C=O) groups is 1. The van der Waals surface area contributed by atoms with Crippen LogP contribution in [-0.4, -0.2) is 70.3 Å². The highest BCUT2D eigenvalue weighted by molar-refractivity contribution is 5.73. The van der Waals surface area contributed by atoms with Gasteiger partial charge in [-0.3, -0.25) is 14.2 Å². The molecule has 4 atom stereocenters. The molecule has 0 aliphatic carbocycles. The summed E-state index contributed by atoms with van der Waals surface area (Å²) in [5, 5.41) is 18.1. The number of aromatic nitrogens is 4. The Kier molecular flexibility index (Phi) is 12.1. The molecule has 1 N–H and O–H groups in total. The summed E-state index contributed by atoms with van der Waals surface area (Å²) in [5.74, 6) is 0.388. The van der Waals surface area contributed by atoms with E-state index in [2.05, 4.69) is 37.9 Å². The summed E-state index contributed by atoms with van der Waals surface area (Å²) in [6, 6.07) is 4.65. The van der Waals surface area contributed by atoms with Crippen molar-refractivity contribution in [2.24, 2.45) is 11.8 Å². The van der Waals surface area contributed by atoms with Crippen molar-refractivity contribution in [2.45, 2.75) is 78.8 Å². The highest BCUT2D eigenvalue weighted by atomic mass is 16.5. The van der Waals surface area contributed by atoms with Crippen molar-refractivity contribution >= 4 is 5.97 Å². The van der Waals surface area contributed by atoms with Crippen LogP contribution in [0.3, 0.4) is 0 Å². The monoisotopic (exact) mass is 506 g/mol. The average Bonchev–Trinajstić information content (AvgIpc) is 3.55. The number of hydrogen-bond donors (Lipinski definition) is 1. The number of aliphatic hydroxyl groups is 1. The normalized spacial score (nSPS) is 24.1. The van der Waals surface area contributed by atoms with E-state index in [1.165, 1.54) is 5.69 Å². The molecule has 0 unspecified atom stereocenters. The Hall–Kier alpha value is -2.23. The molecular weight excluding hydrogens is 460 g/mol. The van der Waals surface area contributed by atoms with Crippen LogP contribution in [-0.2, 0) is 19.0 Å². The van der Waals surface area contributed by atoms with Crippen molar-refractivity contribution in [3.8, 4) is 0 Å². The van der Waals surface area contributed by atoms with E-state index in [4.69, 9.17) is 14.2 Å². The second-order valence-electron chi connectivity index (χ2n) is 9.83. The molecule has 0 aromatic carbocycles. The number of aliphatic hydroxyl groups excluding tert-OH is 1. The maximum Gasteiger partial charge on any atom is 0.309 e. The minimum absolute atomic E-state index is 0. The lowest BCUT2D eigenvalue weighted by molar-refractivity contribution is -0.152. The highest BCUT2D eigenvalue weighted by Crippen LogP contribution is 2.33. The number of esters is 1. The molecular formula is C27H46N4O5. The Morgan fingerprint density at radius 2 is 1.53 bits per heavy atom. The summed E-state index contributed by atoms with van der Waals surface area (Å²) >= 11 is 0. The molecule has 36 heavy (non-hydrogen) atoms. The summed E-state index contributed by atoms with van der Waals surface area (Å²) < 4.78 is 20.3. The molecule has 2 aromatic rings.